The molecule has 0 atom stereocenters. The molecule has 4 rings (SSSR count). The van der Waals surface area contributed by atoms with Crippen molar-refractivity contribution in [3.63, 3.8) is 0 Å². The van der Waals surface area contributed by atoms with Gasteiger partial charge in [-0.05, 0) is 58.4 Å². The maximum absolute atomic E-state index is 13.3. The van der Waals surface area contributed by atoms with Gasteiger partial charge in [0.2, 0.25) is 0 Å². The first-order valence-corrected chi connectivity index (χ1v) is 9.19. The smallest absolute Gasteiger partial charge is 0.323 e. The van der Waals surface area contributed by atoms with E-state index in [1.807, 2.05) is 30.1 Å². The molecule has 2 heterocycles. The van der Waals surface area contributed by atoms with Crippen molar-refractivity contribution in [3.8, 4) is 11.3 Å². The van der Waals surface area contributed by atoms with Crippen molar-refractivity contribution < 1.29 is 9.18 Å². The van der Waals surface area contributed by atoms with Crippen LogP contribution in [0.5, 0.6) is 0 Å². The molecular formula is C20H15BrFN5O. The Morgan fingerprint density at radius 3 is 2.54 bits per heavy atom. The number of hydrogen-bond donors (Lipinski definition) is 2. The monoisotopic (exact) mass is 439 g/mol. The van der Waals surface area contributed by atoms with Crippen LogP contribution in [0.2, 0.25) is 0 Å². The number of urea groups is 1. The largest absolute Gasteiger partial charge is 0.357 e. The zero-order valence-corrected chi connectivity index (χ0v) is 16.4. The highest BCUT2D eigenvalue weighted by Gasteiger charge is 2.08. The topological polar surface area (TPSA) is 71.8 Å². The summed E-state index contributed by atoms with van der Waals surface area (Å²) in [7, 11) is 1.94. The summed E-state index contributed by atoms with van der Waals surface area (Å²) in [5.74, 6) is -0.395. The van der Waals surface area contributed by atoms with Crippen molar-refractivity contribution in [2.24, 2.45) is 7.05 Å². The first-order valence-electron chi connectivity index (χ1n) is 8.40. The van der Waals surface area contributed by atoms with E-state index in [0.29, 0.717) is 16.9 Å². The molecule has 0 aliphatic carbocycles. The summed E-state index contributed by atoms with van der Waals surface area (Å²) < 4.78 is 15.5. The number of aromatic nitrogens is 3. The second-order valence-corrected chi connectivity index (χ2v) is 7.09. The van der Waals surface area contributed by atoms with Crippen molar-refractivity contribution in [2.75, 3.05) is 10.6 Å². The fraction of sp³-hybridized carbons (Fsp3) is 0.0500. The Balaban J connectivity index is 1.54. The maximum Gasteiger partial charge on any atom is 0.323 e. The molecule has 0 aliphatic heterocycles. The highest BCUT2D eigenvalue weighted by molar-refractivity contribution is 9.10. The summed E-state index contributed by atoms with van der Waals surface area (Å²) in [5.41, 5.74) is 4.17. The number of nitrogens with one attached hydrogen (secondary N) is 2. The van der Waals surface area contributed by atoms with Crippen molar-refractivity contribution in [1.29, 1.82) is 0 Å². The molecule has 2 aromatic heterocycles. The molecule has 2 N–H and O–H groups in total. The van der Waals surface area contributed by atoms with Gasteiger partial charge in [0.25, 0.3) is 0 Å². The number of nitrogens with zero attached hydrogens (tertiary/aromatic N) is 3. The highest BCUT2D eigenvalue weighted by atomic mass is 79.9. The number of rotatable bonds is 3. The summed E-state index contributed by atoms with van der Waals surface area (Å²) in [6, 6.07) is 11.1. The SMILES string of the molecule is Cn1ccc(-c2cnc3ccc(NC(=O)Nc4ccc(F)c(Br)c4)cc3n2)c1. The minimum absolute atomic E-state index is 0.278. The maximum atomic E-state index is 13.3. The van der Waals surface area contributed by atoms with Gasteiger partial charge in [-0.1, -0.05) is 0 Å². The lowest BCUT2D eigenvalue weighted by Crippen LogP contribution is -2.19. The van der Waals surface area contributed by atoms with Crippen LogP contribution in [0.4, 0.5) is 20.6 Å². The van der Waals surface area contributed by atoms with Gasteiger partial charge < -0.3 is 15.2 Å². The van der Waals surface area contributed by atoms with E-state index < -0.39 is 11.8 Å². The lowest BCUT2D eigenvalue weighted by molar-refractivity contribution is 0.262. The van der Waals surface area contributed by atoms with Crippen LogP contribution in [0.25, 0.3) is 22.3 Å². The third-order valence-electron chi connectivity index (χ3n) is 4.11. The van der Waals surface area contributed by atoms with E-state index in [4.69, 9.17) is 0 Å². The molecular weight excluding hydrogens is 425 g/mol. The zero-order valence-electron chi connectivity index (χ0n) is 14.8. The second-order valence-electron chi connectivity index (χ2n) is 6.23. The molecule has 28 heavy (non-hydrogen) atoms. The van der Waals surface area contributed by atoms with Crippen LogP contribution in [0.3, 0.4) is 0 Å². The summed E-state index contributed by atoms with van der Waals surface area (Å²) in [5, 5.41) is 5.41. The van der Waals surface area contributed by atoms with Gasteiger partial charge in [0, 0.05) is 36.4 Å². The summed E-state index contributed by atoms with van der Waals surface area (Å²) in [4.78, 5) is 21.3. The fourth-order valence-corrected chi connectivity index (χ4v) is 3.13. The molecule has 0 fully saturated rings. The fourth-order valence-electron chi connectivity index (χ4n) is 2.75. The number of amides is 2. The molecule has 140 valence electrons. The van der Waals surface area contributed by atoms with Crippen molar-refractivity contribution in [3.05, 3.63) is 71.3 Å². The molecule has 6 nitrogen and oxygen atoms in total. The van der Waals surface area contributed by atoms with Gasteiger partial charge in [0.1, 0.15) is 5.82 Å². The summed E-state index contributed by atoms with van der Waals surface area (Å²) in [6.07, 6.45) is 5.63. The molecule has 0 spiro atoms. The average molecular weight is 440 g/mol. The quantitative estimate of drug-likeness (QED) is 0.461. The van der Waals surface area contributed by atoms with Gasteiger partial charge in [-0.3, -0.25) is 4.98 Å². The molecule has 0 bridgehead atoms. The number of halogens is 2. The van der Waals surface area contributed by atoms with Gasteiger partial charge in [-0.25, -0.2) is 14.2 Å². The van der Waals surface area contributed by atoms with E-state index in [0.717, 1.165) is 16.8 Å². The lowest BCUT2D eigenvalue weighted by Gasteiger charge is -2.09. The second kappa shape index (κ2) is 7.40. The van der Waals surface area contributed by atoms with E-state index in [2.05, 4.69) is 36.5 Å². The van der Waals surface area contributed by atoms with E-state index in [-0.39, 0.29) is 4.47 Å². The van der Waals surface area contributed by atoms with Crippen LogP contribution in [-0.4, -0.2) is 20.6 Å². The Labute approximate surface area is 168 Å². The van der Waals surface area contributed by atoms with Crippen LogP contribution < -0.4 is 10.6 Å². The van der Waals surface area contributed by atoms with E-state index in [1.54, 1.807) is 24.4 Å². The highest BCUT2D eigenvalue weighted by Crippen LogP contribution is 2.23. The molecule has 0 aliphatic rings. The number of hydrogen-bond acceptors (Lipinski definition) is 3. The van der Waals surface area contributed by atoms with Crippen molar-refractivity contribution in [2.45, 2.75) is 0 Å². The lowest BCUT2D eigenvalue weighted by atomic mass is 10.2. The molecule has 8 heteroatoms. The molecule has 2 aromatic carbocycles. The molecule has 0 unspecified atom stereocenters. The van der Waals surface area contributed by atoms with Crippen LogP contribution in [-0.2, 0) is 7.05 Å². The van der Waals surface area contributed by atoms with Gasteiger partial charge >= 0.3 is 6.03 Å². The molecule has 0 radical (unpaired) electrons. The Morgan fingerprint density at radius 1 is 1.07 bits per heavy atom. The number of anilines is 2. The van der Waals surface area contributed by atoms with Crippen LogP contribution in [0, 0.1) is 5.82 Å². The Bertz CT molecular complexity index is 1190. The van der Waals surface area contributed by atoms with E-state index >= 15 is 0 Å². The molecule has 0 saturated heterocycles. The van der Waals surface area contributed by atoms with Gasteiger partial charge in [0.15, 0.2) is 0 Å². The number of aryl methyl sites for hydroxylation is 1. The minimum atomic E-state index is -0.440. The average Bonchev–Trinajstić information content (AvgIpc) is 3.10. The Kier molecular flexibility index (Phi) is 4.79. The third kappa shape index (κ3) is 3.86. The first kappa shape index (κ1) is 18.1. The first-order chi connectivity index (χ1) is 13.5. The van der Waals surface area contributed by atoms with Gasteiger partial charge in [-0.15, -0.1) is 0 Å². The number of carbonyl (C=O) groups excluding carboxylic acids is 1. The number of fused-ring (bicyclic) bond motifs is 1. The standard InChI is InChI=1S/C20H15BrFN5O/c1-27-7-6-12(11-27)19-10-23-17-5-3-14(9-18(17)26-19)25-20(28)24-13-2-4-16(22)15(21)8-13/h2-11H,1H3,(H2,24,25,28). The number of benzene rings is 2. The summed E-state index contributed by atoms with van der Waals surface area (Å²) >= 11 is 3.09. The molecule has 0 saturated carbocycles. The van der Waals surface area contributed by atoms with Gasteiger partial charge in [-0.2, -0.15) is 0 Å². The van der Waals surface area contributed by atoms with Crippen LogP contribution >= 0.6 is 15.9 Å². The van der Waals surface area contributed by atoms with Crippen molar-refractivity contribution in [1.82, 2.24) is 14.5 Å². The normalized spacial score (nSPS) is 10.8. The predicted octanol–water partition coefficient (Wildman–Crippen LogP) is 5.18. The zero-order chi connectivity index (χ0) is 19.7. The van der Waals surface area contributed by atoms with E-state index in [1.165, 1.54) is 18.2 Å². The van der Waals surface area contributed by atoms with Crippen molar-refractivity contribution >= 4 is 44.4 Å². The van der Waals surface area contributed by atoms with Gasteiger partial charge in [0.05, 0.1) is 27.4 Å². The number of carbonyl (C=O) groups is 1. The molecule has 4 aromatic rings. The summed E-state index contributed by atoms with van der Waals surface area (Å²) in [6.45, 7) is 0. The van der Waals surface area contributed by atoms with E-state index in [9.17, 15) is 9.18 Å². The Hall–Kier alpha value is -3.26. The van der Waals surface area contributed by atoms with Crippen LogP contribution in [0.15, 0.2) is 65.5 Å². The minimum Gasteiger partial charge on any atom is -0.357 e. The Morgan fingerprint density at radius 2 is 1.82 bits per heavy atom. The molecule has 2 amide bonds. The third-order valence-corrected chi connectivity index (χ3v) is 4.71. The predicted molar refractivity (Wildman–Crippen MR) is 111 cm³/mol. The van der Waals surface area contributed by atoms with Crippen LogP contribution in [0.1, 0.15) is 0 Å².